The number of ketones is 3. The van der Waals surface area contributed by atoms with Gasteiger partial charge in [0.1, 0.15) is 11.7 Å². The van der Waals surface area contributed by atoms with E-state index in [0.29, 0.717) is 12.0 Å². The molecule has 1 aromatic rings. The lowest BCUT2D eigenvalue weighted by Crippen LogP contribution is -2.57. The lowest BCUT2D eigenvalue weighted by molar-refractivity contribution is -0.143. The monoisotopic (exact) mass is 285 g/mol. The first-order valence-corrected chi connectivity index (χ1v) is 7.53. The summed E-state index contributed by atoms with van der Waals surface area (Å²) in [6.45, 7) is 0. The van der Waals surface area contributed by atoms with Crippen LogP contribution in [-0.2, 0) is 9.59 Å². The summed E-state index contributed by atoms with van der Waals surface area (Å²) in [6.07, 6.45) is 3.35. The Bertz CT molecular complexity index is 581. The number of Topliss-reactive ketones (excluding diaryl/α,β-unsaturated/α-hetero) is 3. The number of carbonyl (C=O) groups excluding carboxylic acids is 3. The van der Waals surface area contributed by atoms with Crippen molar-refractivity contribution in [2.45, 2.75) is 31.7 Å². The summed E-state index contributed by atoms with van der Waals surface area (Å²) in [4.78, 5) is 37.7. The van der Waals surface area contributed by atoms with Crippen LogP contribution in [0.25, 0.3) is 0 Å². The van der Waals surface area contributed by atoms with E-state index in [1.54, 1.807) is 24.3 Å². The summed E-state index contributed by atoms with van der Waals surface area (Å²) in [5.41, 5.74) is 6.42. The molecule has 110 valence electrons. The molecule has 0 aromatic heterocycles. The van der Waals surface area contributed by atoms with Crippen molar-refractivity contribution in [1.82, 2.24) is 0 Å². The zero-order chi connectivity index (χ0) is 15.0. The van der Waals surface area contributed by atoms with Gasteiger partial charge in [-0.25, -0.2) is 0 Å². The van der Waals surface area contributed by atoms with Crippen LogP contribution in [0.15, 0.2) is 30.3 Å². The van der Waals surface area contributed by atoms with Crippen molar-refractivity contribution in [3.63, 3.8) is 0 Å². The molecule has 0 spiro atoms. The third-order valence-electron chi connectivity index (χ3n) is 4.83. The maximum Gasteiger partial charge on any atom is 0.175 e. The Morgan fingerprint density at radius 2 is 1.52 bits per heavy atom. The second-order valence-corrected chi connectivity index (χ2v) is 6.04. The number of rotatable bonds is 2. The summed E-state index contributed by atoms with van der Waals surface area (Å²) in [6, 6.07) is 7.65. The summed E-state index contributed by atoms with van der Waals surface area (Å²) in [5, 5.41) is 0. The maximum absolute atomic E-state index is 12.7. The van der Waals surface area contributed by atoms with Gasteiger partial charge in [0.2, 0.25) is 0 Å². The fourth-order valence-electron chi connectivity index (χ4n) is 3.71. The predicted octanol–water partition coefficient (Wildman–Crippen LogP) is 1.77. The molecular weight excluding hydrogens is 266 g/mol. The third kappa shape index (κ3) is 2.33. The standard InChI is InChI=1S/C17H19NO3/c18-14-13(15(19)10-6-2-1-3-7-10)16(20)11-8-4-5-9-12(11)17(14)21/h1-3,6-7,11-14H,4-5,8-9,18H2/t11-,12+,13+,14-/m0/s1. The minimum atomic E-state index is -1.00. The summed E-state index contributed by atoms with van der Waals surface area (Å²) in [5.74, 6) is -2.11. The Morgan fingerprint density at radius 1 is 0.952 bits per heavy atom. The van der Waals surface area contributed by atoms with Crippen LogP contribution < -0.4 is 5.73 Å². The number of hydrogen-bond donors (Lipinski definition) is 1. The number of nitrogens with two attached hydrogens (primary N) is 1. The predicted molar refractivity (Wildman–Crippen MR) is 77.7 cm³/mol. The summed E-state index contributed by atoms with van der Waals surface area (Å²) in [7, 11) is 0. The molecule has 0 amide bonds. The fourth-order valence-corrected chi connectivity index (χ4v) is 3.71. The van der Waals surface area contributed by atoms with Crippen LogP contribution in [0.2, 0.25) is 0 Å². The smallest absolute Gasteiger partial charge is 0.175 e. The minimum absolute atomic E-state index is 0.103. The molecular formula is C17H19NO3. The van der Waals surface area contributed by atoms with Crippen molar-refractivity contribution < 1.29 is 14.4 Å². The average Bonchev–Trinajstić information content (AvgIpc) is 2.53. The molecule has 2 aliphatic rings. The van der Waals surface area contributed by atoms with Gasteiger partial charge in [0.15, 0.2) is 11.6 Å². The van der Waals surface area contributed by atoms with Gasteiger partial charge in [-0.2, -0.15) is 0 Å². The Kier molecular flexibility index (Phi) is 3.72. The summed E-state index contributed by atoms with van der Waals surface area (Å²) >= 11 is 0. The van der Waals surface area contributed by atoms with Crippen LogP contribution in [0.4, 0.5) is 0 Å². The van der Waals surface area contributed by atoms with Crippen molar-refractivity contribution in [1.29, 1.82) is 0 Å². The van der Waals surface area contributed by atoms with Gasteiger partial charge in [-0.05, 0) is 12.8 Å². The highest BCUT2D eigenvalue weighted by Crippen LogP contribution is 2.39. The zero-order valence-electron chi connectivity index (χ0n) is 11.8. The van der Waals surface area contributed by atoms with E-state index < -0.39 is 12.0 Å². The van der Waals surface area contributed by atoms with E-state index in [9.17, 15) is 14.4 Å². The first-order chi connectivity index (χ1) is 10.1. The lowest BCUT2D eigenvalue weighted by Gasteiger charge is -2.39. The largest absolute Gasteiger partial charge is 0.321 e. The first-order valence-electron chi connectivity index (χ1n) is 7.53. The van der Waals surface area contributed by atoms with Crippen LogP contribution in [0.5, 0.6) is 0 Å². The number of benzene rings is 1. The van der Waals surface area contributed by atoms with Crippen LogP contribution >= 0.6 is 0 Å². The van der Waals surface area contributed by atoms with Crippen molar-refractivity contribution in [3.8, 4) is 0 Å². The Balaban J connectivity index is 1.92. The second-order valence-electron chi connectivity index (χ2n) is 6.04. The molecule has 0 aliphatic heterocycles. The fraction of sp³-hybridized carbons (Fsp3) is 0.471. The van der Waals surface area contributed by atoms with E-state index in [1.165, 1.54) is 0 Å². The van der Waals surface area contributed by atoms with Crippen molar-refractivity contribution in [2.75, 3.05) is 0 Å². The molecule has 2 aliphatic carbocycles. The number of fused-ring (bicyclic) bond motifs is 1. The van der Waals surface area contributed by atoms with Crippen molar-refractivity contribution in [2.24, 2.45) is 23.5 Å². The number of hydrogen-bond acceptors (Lipinski definition) is 4. The van der Waals surface area contributed by atoms with Crippen molar-refractivity contribution in [3.05, 3.63) is 35.9 Å². The van der Waals surface area contributed by atoms with Gasteiger partial charge < -0.3 is 5.73 Å². The lowest BCUT2D eigenvalue weighted by atomic mass is 9.63. The van der Waals surface area contributed by atoms with Gasteiger partial charge in [0, 0.05) is 17.4 Å². The molecule has 2 N–H and O–H groups in total. The normalized spacial score (nSPS) is 32.6. The molecule has 2 fully saturated rings. The Morgan fingerprint density at radius 3 is 2.14 bits per heavy atom. The highest BCUT2D eigenvalue weighted by Gasteiger charge is 2.51. The molecule has 0 radical (unpaired) electrons. The molecule has 0 bridgehead atoms. The van der Waals surface area contributed by atoms with E-state index in [0.717, 1.165) is 19.3 Å². The van der Waals surface area contributed by atoms with Crippen LogP contribution in [0.1, 0.15) is 36.0 Å². The van der Waals surface area contributed by atoms with E-state index in [1.807, 2.05) is 6.07 Å². The van der Waals surface area contributed by atoms with Gasteiger partial charge >= 0.3 is 0 Å². The zero-order valence-corrected chi connectivity index (χ0v) is 11.8. The van der Waals surface area contributed by atoms with E-state index >= 15 is 0 Å². The molecule has 1 aromatic carbocycles. The van der Waals surface area contributed by atoms with E-state index in [4.69, 9.17) is 5.73 Å². The molecule has 0 saturated heterocycles. The topological polar surface area (TPSA) is 77.2 Å². The van der Waals surface area contributed by atoms with Gasteiger partial charge in [0.05, 0.1) is 6.04 Å². The molecule has 4 nitrogen and oxygen atoms in total. The molecule has 4 heteroatoms. The molecule has 4 atom stereocenters. The highest BCUT2D eigenvalue weighted by molar-refractivity contribution is 6.17. The van der Waals surface area contributed by atoms with Gasteiger partial charge in [0.25, 0.3) is 0 Å². The maximum atomic E-state index is 12.7. The van der Waals surface area contributed by atoms with Crippen molar-refractivity contribution >= 4 is 17.3 Å². The summed E-state index contributed by atoms with van der Waals surface area (Å²) < 4.78 is 0. The van der Waals surface area contributed by atoms with Crippen LogP contribution in [0, 0.1) is 17.8 Å². The second kappa shape index (κ2) is 5.53. The highest BCUT2D eigenvalue weighted by atomic mass is 16.2. The third-order valence-corrected chi connectivity index (χ3v) is 4.83. The Hall–Kier alpha value is -1.81. The van der Waals surface area contributed by atoms with E-state index in [-0.39, 0.29) is 29.2 Å². The Labute approximate surface area is 123 Å². The molecule has 0 heterocycles. The molecule has 2 saturated carbocycles. The molecule has 0 unspecified atom stereocenters. The van der Waals surface area contributed by atoms with Gasteiger partial charge in [-0.1, -0.05) is 43.2 Å². The van der Waals surface area contributed by atoms with Gasteiger partial charge in [-0.15, -0.1) is 0 Å². The minimum Gasteiger partial charge on any atom is -0.321 e. The molecule has 3 rings (SSSR count). The van der Waals surface area contributed by atoms with E-state index in [2.05, 4.69) is 0 Å². The van der Waals surface area contributed by atoms with Gasteiger partial charge in [-0.3, -0.25) is 14.4 Å². The van der Waals surface area contributed by atoms with Crippen LogP contribution in [-0.4, -0.2) is 23.4 Å². The first kappa shape index (κ1) is 14.1. The average molecular weight is 285 g/mol. The number of carbonyl (C=O) groups is 3. The SMILES string of the molecule is N[C@@H]1C(=O)[C@@H]2CCCC[C@@H]2C(=O)[C@H]1C(=O)c1ccccc1. The van der Waals surface area contributed by atoms with Crippen LogP contribution in [0.3, 0.4) is 0 Å². The molecule has 21 heavy (non-hydrogen) atoms. The quantitative estimate of drug-likeness (QED) is 0.663.